The SMILES string of the molecule is CC[C@H](C)NC(=O)[C@@H](C)N(Cc1c(Cl)cccc1Cl)C(=O)CSCc1c(Cl)cccc1Cl. The van der Waals surface area contributed by atoms with E-state index in [4.69, 9.17) is 46.4 Å². The van der Waals surface area contributed by atoms with Crippen LogP contribution in [0, 0.1) is 0 Å². The molecule has 0 spiro atoms. The van der Waals surface area contributed by atoms with Gasteiger partial charge in [-0.2, -0.15) is 0 Å². The molecule has 2 rings (SSSR count). The molecule has 2 aromatic carbocycles. The first kappa shape index (κ1) is 27.1. The van der Waals surface area contributed by atoms with E-state index in [1.54, 1.807) is 43.3 Å². The average Bonchev–Trinajstić information content (AvgIpc) is 2.74. The van der Waals surface area contributed by atoms with E-state index < -0.39 is 6.04 Å². The van der Waals surface area contributed by atoms with Crippen LogP contribution < -0.4 is 5.32 Å². The normalized spacial score (nSPS) is 12.8. The highest BCUT2D eigenvalue weighted by Crippen LogP contribution is 2.29. The van der Waals surface area contributed by atoms with Crippen molar-refractivity contribution in [2.75, 3.05) is 5.75 Å². The van der Waals surface area contributed by atoms with Gasteiger partial charge in [0.25, 0.3) is 0 Å². The summed E-state index contributed by atoms with van der Waals surface area (Å²) in [6.45, 7) is 5.74. The summed E-state index contributed by atoms with van der Waals surface area (Å²) in [5.41, 5.74) is 1.38. The summed E-state index contributed by atoms with van der Waals surface area (Å²) in [6.07, 6.45) is 0.789. The lowest BCUT2D eigenvalue weighted by Gasteiger charge is -2.30. The number of carbonyl (C=O) groups is 2. The van der Waals surface area contributed by atoms with Gasteiger partial charge < -0.3 is 10.2 Å². The van der Waals surface area contributed by atoms with Gasteiger partial charge in [0.15, 0.2) is 0 Å². The number of thioether (sulfide) groups is 1. The molecule has 0 aliphatic heterocycles. The van der Waals surface area contributed by atoms with Gasteiger partial charge in [0.05, 0.1) is 5.75 Å². The Balaban J connectivity index is 2.18. The van der Waals surface area contributed by atoms with Crippen LogP contribution in [0.2, 0.25) is 20.1 Å². The lowest BCUT2D eigenvalue weighted by Crippen LogP contribution is -2.50. The van der Waals surface area contributed by atoms with Crippen molar-refractivity contribution < 1.29 is 9.59 Å². The fourth-order valence-corrected chi connectivity index (χ4v) is 5.06. The third-order valence-corrected chi connectivity index (χ3v) is 7.45. The molecule has 0 fully saturated rings. The van der Waals surface area contributed by atoms with Gasteiger partial charge in [0, 0.05) is 44.0 Å². The highest BCUT2D eigenvalue weighted by Gasteiger charge is 2.28. The fourth-order valence-electron chi connectivity index (χ4n) is 2.90. The van der Waals surface area contributed by atoms with Gasteiger partial charge >= 0.3 is 0 Å². The molecule has 2 amide bonds. The second kappa shape index (κ2) is 13.0. The molecule has 0 aliphatic carbocycles. The molecule has 4 nitrogen and oxygen atoms in total. The van der Waals surface area contributed by atoms with Crippen LogP contribution in [-0.2, 0) is 21.9 Å². The van der Waals surface area contributed by atoms with Crippen molar-refractivity contribution in [3.8, 4) is 0 Å². The largest absolute Gasteiger partial charge is 0.352 e. The minimum absolute atomic E-state index is 0.00235. The van der Waals surface area contributed by atoms with E-state index in [1.807, 2.05) is 13.8 Å². The van der Waals surface area contributed by atoms with E-state index in [0.717, 1.165) is 12.0 Å². The zero-order valence-corrected chi connectivity index (χ0v) is 22.0. The van der Waals surface area contributed by atoms with Crippen LogP contribution in [0.15, 0.2) is 36.4 Å². The van der Waals surface area contributed by atoms with Crippen LogP contribution >= 0.6 is 58.2 Å². The minimum Gasteiger partial charge on any atom is -0.352 e. The maximum atomic E-state index is 13.2. The first-order valence-electron chi connectivity index (χ1n) is 10.2. The first-order chi connectivity index (χ1) is 15.1. The summed E-state index contributed by atoms with van der Waals surface area (Å²) in [4.78, 5) is 27.5. The van der Waals surface area contributed by atoms with Crippen molar-refractivity contribution in [2.24, 2.45) is 0 Å². The summed E-state index contributed by atoms with van der Waals surface area (Å²) in [6, 6.07) is 9.76. The van der Waals surface area contributed by atoms with Crippen molar-refractivity contribution in [1.82, 2.24) is 10.2 Å². The minimum atomic E-state index is -0.701. The van der Waals surface area contributed by atoms with Crippen LogP contribution in [0.3, 0.4) is 0 Å². The third-order valence-electron chi connectivity index (χ3n) is 5.09. The van der Waals surface area contributed by atoms with Crippen LogP contribution in [0.1, 0.15) is 38.3 Å². The monoisotopic (exact) mass is 534 g/mol. The van der Waals surface area contributed by atoms with E-state index in [0.29, 0.717) is 31.4 Å². The summed E-state index contributed by atoms with van der Waals surface area (Å²) < 4.78 is 0. The average molecular weight is 536 g/mol. The van der Waals surface area contributed by atoms with Crippen LogP contribution in [0.5, 0.6) is 0 Å². The Labute approximate surface area is 213 Å². The van der Waals surface area contributed by atoms with Crippen molar-refractivity contribution in [3.63, 3.8) is 0 Å². The molecular formula is C23H26Cl4N2O2S. The molecule has 0 bridgehead atoms. The van der Waals surface area contributed by atoms with Crippen LogP contribution in [0.4, 0.5) is 0 Å². The van der Waals surface area contributed by atoms with Crippen LogP contribution in [0.25, 0.3) is 0 Å². The van der Waals surface area contributed by atoms with Crippen molar-refractivity contribution in [2.45, 2.75) is 51.6 Å². The molecule has 32 heavy (non-hydrogen) atoms. The van der Waals surface area contributed by atoms with Gasteiger partial charge in [-0.15, -0.1) is 11.8 Å². The molecule has 2 atom stereocenters. The maximum Gasteiger partial charge on any atom is 0.242 e. The Morgan fingerprint density at radius 3 is 1.94 bits per heavy atom. The molecule has 1 N–H and O–H groups in total. The Kier molecular flexibility index (Phi) is 11.0. The van der Waals surface area contributed by atoms with Crippen molar-refractivity contribution in [1.29, 1.82) is 0 Å². The predicted octanol–water partition coefficient (Wildman–Crippen LogP) is 6.87. The van der Waals surface area contributed by atoms with E-state index in [9.17, 15) is 9.59 Å². The van der Waals surface area contributed by atoms with Gasteiger partial charge in [-0.05, 0) is 50.1 Å². The number of hydrogen-bond donors (Lipinski definition) is 1. The molecule has 0 aliphatic rings. The smallest absolute Gasteiger partial charge is 0.242 e. The van der Waals surface area contributed by atoms with E-state index in [2.05, 4.69) is 5.32 Å². The Morgan fingerprint density at radius 1 is 0.938 bits per heavy atom. The molecule has 0 aromatic heterocycles. The fraction of sp³-hybridized carbons (Fsp3) is 0.391. The van der Waals surface area contributed by atoms with E-state index in [1.165, 1.54) is 16.7 Å². The topological polar surface area (TPSA) is 49.4 Å². The van der Waals surface area contributed by atoms with Crippen molar-refractivity contribution >= 4 is 70.0 Å². The van der Waals surface area contributed by atoms with Gasteiger partial charge in [0.2, 0.25) is 11.8 Å². The number of nitrogens with zero attached hydrogens (tertiary/aromatic N) is 1. The number of rotatable bonds is 10. The lowest BCUT2D eigenvalue weighted by atomic mass is 10.1. The van der Waals surface area contributed by atoms with Gasteiger partial charge in [0.1, 0.15) is 6.04 Å². The predicted molar refractivity (Wildman–Crippen MR) is 137 cm³/mol. The maximum absolute atomic E-state index is 13.2. The van der Waals surface area contributed by atoms with Gasteiger partial charge in [-0.3, -0.25) is 9.59 Å². The summed E-state index contributed by atoms with van der Waals surface area (Å²) in [5, 5.41) is 4.93. The van der Waals surface area contributed by atoms with E-state index in [-0.39, 0.29) is 30.2 Å². The molecule has 0 saturated heterocycles. The number of halogens is 4. The molecule has 9 heteroatoms. The molecule has 0 heterocycles. The number of carbonyl (C=O) groups excluding carboxylic acids is 2. The standard InChI is InChI=1S/C23H26Cl4N2O2S/c1-4-14(2)28-23(31)15(3)29(11-16-18(24)7-5-8-19(16)25)22(30)13-32-12-17-20(26)9-6-10-21(17)27/h5-10,14-15H,4,11-13H2,1-3H3,(H,28,31)/t14-,15+/m0/s1. The highest BCUT2D eigenvalue weighted by molar-refractivity contribution is 7.99. The third kappa shape index (κ3) is 7.46. The number of nitrogens with one attached hydrogen (secondary N) is 1. The summed E-state index contributed by atoms with van der Waals surface area (Å²) in [7, 11) is 0. The molecule has 0 radical (unpaired) electrons. The second-order valence-electron chi connectivity index (χ2n) is 7.41. The quantitative estimate of drug-likeness (QED) is 0.361. The zero-order valence-electron chi connectivity index (χ0n) is 18.1. The second-order valence-corrected chi connectivity index (χ2v) is 10.0. The molecule has 0 unspecified atom stereocenters. The lowest BCUT2D eigenvalue weighted by molar-refractivity contribution is -0.138. The highest BCUT2D eigenvalue weighted by atomic mass is 35.5. The molecule has 2 aromatic rings. The molecular weight excluding hydrogens is 510 g/mol. The summed E-state index contributed by atoms with van der Waals surface area (Å²) in [5.74, 6) is 0.180. The van der Waals surface area contributed by atoms with Crippen LogP contribution in [-0.4, -0.2) is 34.6 Å². The van der Waals surface area contributed by atoms with Gasteiger partial charge in [-0.25, -0.2) is 0 Å². The zero-order chi connectivity index (χ0) is 23.8. The number of amides is 2. The number of hydrogen-bond acceptors (Lipinski definition) is 3. The van der Waals surface area contributed by atoms with E-state index >= 15 is 0 Å². The van der Waals surface area contributed by atoms with Crippen molar-refractivity contribution in [3.05, 3.63) is 67.6 Å². The summed E-state index contributed by atoms with van der Waals surface area (Å²) >= 11 is 26.5. The molecule has 0 saturated carbocycles. The molecule has 174 valence electrons. The Bertz CT molecular complexity index is 917. The first-order valence-corrected chi connectivity index (χ1v) is 12.9. The number of benzene rings is 2. The Morgan fingerprint density at radius 2 is 1.44 bits per heavy atom. The van der Waals surface area contributed by atoms with Gasteiger partial charge in [-0.1, -0.05) is 65.5 Å². The Hall–Kier alpha value is -1.11.